The lowest BCUT2D eigenvalue weighted by Crippen LogP contribution is -2.23. The lowest BCUT2D eigenvalue weighted by molar-refractivity contribution is 0.252. The Morgan fingerprint density at radius 3 is 2.93 bits per heavy atom. The molecule has 1 aromatic heterocycles. The zero-order valence-corrected chi connectivity index (χ0v) is 16.7. The maximum Gasteiger partial charge on any atom is 0.161 e. The maximum atomic E-state index is 9.00. The SMILES string of the molecule is CCc1ccnc(Cc2ccc(OC)c(OCCCN3CCC(C#N)C3)c2)n1. The van der Waals surface area contributed by atoms with Gasteiger partial charge in [0.05, 0.1) is 25.7 Å². The number of aromatic nitrogens is 2. The molecule has 0 radical (unpaired) electrons. The predicted octanol–water partition coefficient (Wildman–Crippen LogP) is 3.25. The third-order valence-corrected chi connectivity index (χ3v) is 5.05. The van der Waals surface area contributed by atoms with Gasteiger partial charge in [0.2, 0.25) is 0 Å². The van der Waals surface area contributed by atoms with Gasteiger partial charge in [0.15, 0.2) is 11.5 Å². The molecule has 0 spiro atoms. The van der Waals surface area contributed by atoms with E-state index >= 15 is 0 Å². The van der Waals surface area contributed by atoms with Crippen molar-refractivity contribution in [2.24, 2.45) is 5.92 Å². The van der Waals surface area contributed by atoms with Crippen LogP contribution in [-0.2, 0) is 12.8 Å². The third-order valence-electron chi connectivity index (χ3n) is 5.05. The summed E-state index contributed by atoms with van der Waals surface area (Å²) in [5, 5.41) is 9.00. The Kier molecular flexibility index (Phi) is 7.21. The Morgan fingerprint density at radius 1 is 1.29 bits per heavy atom. The van der Waals surface area contributed by atoms with Gasteiger partial charge in [-0.15, -0.1) is 0 Å². The van der Waals surface area contributed by atoms with Crippen molar-refractivity contribution in [2.75, 3.05) is 33.4 Å². The second-order valence-corrected chi connectivity index (χ2v) is 7.10. The highest BCUT2D eigenvalue weighted by molar-refractivity contribution is 5.43. The van der Waals surface area contributed by atoms with Crippen molar-refractivity contribution in [2.45, 2.75) is 32.6 Å². The predicted molar refractivity (Wildman–Crippen MR) is 107 cm³/mol. The van der Waals surface area contributed by atoms with Crippen molar-refractivity contribution in [3.05, 3.63) is 47.5 Å². The van der Waals surface area contributed by atoms with Crippen LogP contribution in [0.1, 0.15) is 36.8 Å². The molecule has 148 valence electrons. The molecule has 1 aromatic carbocycles. The Balaban J connectivity index is 1.56. The van der Waals surface area contributed by atoms with Crippen LogP contribution in [0.15, 0.2) is 30.5 Å². The van der Waals surface area contributed by atoms with E-state index in [1.807, 2.05) is 30.5 Å². The molecule has 1 unspecified atom stereocenters. The Bertz CT molecular complexity index is 818. The summed E-state index contributed by atoms with van der Waals surface area (Å²) < 4.78 is 11.5. The summed E-state index contributed by atoms with van der Waals surface area (Å²) in [4.78, 5) is 11.3. The Hall–Kier alpha value is -2.65. The number of aryl methyl sites for hydroxylation is 1. The molecular weight excluding hydrogens is 352 g/mol. The molecule has 2 aromatic rings. The zero-order chi connectivity index (χ0) is 19.8. The molecule has 1 aliphatic rings. The van der Waals surface area contributed by atoms with Gasteiger partial charge in [-0.25, -0.2) is 9.97 Å². The lowest BCUT2D eigenvalue weighted by Gasteiger charge is -2.16. The molecule has 0 saturated carbocycles. The van der Waals surface area contributed by atoms with Gasteiger partial charge in [-0.3, -0.25) is 0 Å². The molecule has 0 aliphatic carbocycles. The minimum atomic E-state index is 0.186. The number of likely N-dealkylation sites (tertiary alicyclic amines) is 1. The first-order valence-electron chi connectivity index (χ1n) is 9.94. The van der Waals surface area contributed by atoms with E-state index in [0.717, 1.165) is 67.5 Å². The topological polar surface area (TPSA) is 71.3 Å². The fraction of sp³-hybridized carbons (Fsp3) is 0.500. The highest BCUT2D eigenvalue weighted by atomic mass is 16.5. The molecule has 2 heterocycles. The molecule has 0 bridgehead atoms. The first kappa shape index (κ1) is 20.1. The molecular formula is C22H28N4O2. The molecule has 3 rings (SSSR count). The molecule has 1 atom stereocenters. The lowest BCUT2D eigenvalue weighted by atomic mass is 10.1. The van der Waals surface area contributed by atoms with Gasteiger partial charge in [-0.1, -0.05) is 13.0 Å². The standard InChI is InChI=1S/C22H28N4O2/c1-3-19-7-9-24-22(25-19)14-17-5-6-20(27-2)21(13-17)28-12-4-10-26-11-8-18(15-23)16-26/h5-7,9,13,18H,3-4,8,10-12,14,16H2,1-2H3. The zero-order valence-electron chi connectivity index (χ0n) is 16.7. The summed E-state index contributed by atoms with van der Waals surface area (Å²) in [5.74, 6) is 2.49. The van der Waals surface area contributed by atoms with Gasteiger partial charge in [0.25, 0.3) is 0 Å². The fourth-order valence-corrected chi connectivity index (χ4v) is 3.46. The Labute approximate surface area is 167 Å². The van der Waals surface area contributed by atoms with E-state index in [0.29, 0.717) is 13.0 Å². The first-order valence-corrected chi connectivity index (χ1v) is 9.94. The van der Waals surface area contributed by atoms with E-state index < -0.39 is 0 Å². The molecule has 0 amide bonds. The Morgan fingerprint density at radius 2 is 2.18 bits per heavy atom. The number of hydrogen-bond donors (Lipinski definition) is 0. The van der Waals surface area contributed by atoms with Crippen LogP contribution in [0.4, 0.5) is 0 Å². The van der Waals surface area contributed by atoms with E-state index in [2.05, 4.69) is 27.9 Å². The average Bonchev–Trinajstić information content (AvgIpc) is 3.19. The van der Waals surface area contributed by atoms with Gasteiger partial charge in [0, 0.05) is 31.4 Å². The number of nitrogens with zero attached hydrogens (tertiary/aromatic N) is 4. The minimum absolute atomic E-state index is 0.186. The molecule has 1 fully saturated rings. The van der Waals surface area contributed by atoms with Crippen molar-refractivity contribution in [3.8, 4) is 17.6 Å². The van der Waals surface area contributed by atoms with Crippen LogP contribution >= 0.6 is 0 Å². The third kappa shape index (κ3) is 5.43. The van der Waals surface area contributed by atoms with Crippen LogP contribution in [0, 0.1) is 17.2 Å². The molecule has 6 nitrogen and oxygen atoms in total. The van der Waals surface area contributed by atoms with Crippen molar-refractivity contribution < 1.29 is 9.47 Å². The highest BCUT2D eigenvalue weighted by Gasteiger charge is 2.21. The van der Waals surface area contributed by atoms with Crippen molar-refractivity contribution >= 4 is 0 Å². The van der Waals surface area contributed by atoms with Crippen molar-refractivity contribution in [3.63, 3.8) is 0 Å². The quantitative estimate of drug-likeness (QED) is 0.622. The fourth-order valence-electron chi connectivity index (χ4n) is 3.46. The number of nitriles is 1. The molecule has 28 heavy (non-hydrogen) atoms. The number of benzene rings is 1. The largest absolute Gasteiger partial charge is 0.493 e. The van der Waals surface area contributed by atoms with Crippen molar-refractivity contribution in [1.29, 1.82) is 5.26 Å². The normalized spacial score (nSPS) is 16.7. The van der Waals surface area contributed by atoms with E-state index in [4.69, 9.17) is 14.7 Å². The van der Waals surface area contributed by atoms with E-state index in [1.165, 1.54) is 0 Å². The van der Waals surface area contributed by atoms with Crippen LogP contribution in [0.25, 0.3) is 0 Å². The van der Waals surface area contributed by atoms with Crippen LogP contribution in [-0.4, -0.2) is 48.2 Å². The number of ether oxygens (including phenoxy) is 2. The minimum Gasteiger partial charge on any atom is -0.493 e. The summed E-state index contributed by atoms with van der Waals surface area (Å²) in [6.45, 7) is 5.56. The molecule has 1 aliphatic heterocycles. The number of methoxy groups -OCH3 is 1. The van der Waals surface area contributed by atoms with E-state index in [1.54, 1.807) is 7.11 Å². The number of hydrogen-bond acceptors (Lipinski definition) is 6. The second-order valence-electron chi connectivity index (χ2n) is 7.10. The van der Waals surface area contributed by atoms with Crippen LogP contribution in [0.2, 0.25) is 0 Å². The average molecular weight is 380 g/mol. The van der Waals surface area contributed by atoms with Crippen LogP contribution < -0.4 is 9.47 Å². The summed E-state index contributed by atoms with van der Waals surface area (Å²) >= 11 is 0. The summed E-state index contributed by atoms with van der Waals surface area (Å²) in [6.07, 6.45) is 5.29. The van der Waals surface area contributed by atoms with Gasteiger partial charge in [-0.05, 0) is 49.6 Å². The highest BCUT2D eigenvalue weighted by Crippen LogP contribution is 2.29. The summed E-state index contributed by atoms with van der Waals surface area (Å²) in [5.41, 5.74) is 2.15. The molecule has 6 heteroatoms. The second kappa shape index (κ2) is 10.0. The van der Waals surface area contributed by atoms with Gasteiger partial charge in [0.1, 0.15) is 5.82 Å². The molecule has 0 N–H and O–H groups in total. The first-order chi connectivity index (χ1) is 13.7. The molecule has 1 saturated heterocycles. The van der Waals surface area contributed by atoms with Gasteiger partial charge in [-0.2, -0.15) is 5.26 Å². The van der Waals surface area contributed by atoms with Gasteiger partial charge < -0.3 is 14.4 Å². The van der Waals surface area contributed by atoms with Crippen LogP contribution in [0.5, 0.6) is 11.5 Å². The monoisotopic (exact) mass is 380 g/mol. The smallest absolute Gasteiger partial charge is 0.161 e. The van der Waals surface area contributed by atoms with E-state index in [9.17, 15) is 0 Å². The summed E-state index contributed by atoms with van der Waals surface area (Å²) in [6, 6.07) is 10.3. The van der Waals surface area contributed by atoms with Crippen molar-refractivity contribution in [1.82, 2.24) is 14.9 Å². The van der Waals surface area contributed by atoms with Gasteiger partial charge >= 0.3 is 0 Å². The van der Waals surface area contributed by atoms with Crippen LogP contribution in [0.3, 0.4) is 0 Å². The maximum absolute atomic E-state index is 9.00. The van der Waals surface area contributed by atoms with E-state index in [-0.39, 0.29) is 5.92 Å². The summed E-state index contributed by atoms with van der Waals surface area (Å²) in [7, 11) is 1.65. The number of rotatable bonds is 9.